The lowest BCUT2D eigenvalue weighted by Crippen LogP contribution is -2.36. The van der Waals surface area contributed by atoms with Gasteiger partial charge in [0.1, 0.15) is 25.7 Å². The van der Waals surface area contributed by atoms with E-state index in [1.54, 1.807) is 0 Å². The number of nitrogens with zero attached hydrogens (tertiary/aromatic N) is 4. The summed E-state index contributed by atoms with van der Waals surface area (Å²) in [5.41, 5.74) is 25.2. The SMILES string of the molecule is CN(CC(=O)O)C(=N)N.CN(CC(=O)O)C(=N)N.C[N+](C)(C)CCO.NC(N)=NCCCC(N)C(=O)O. The number of carbonyl (C=O) groups is 3. The maximum Gasteiger partial charge on any atom is 0.323 e. The molecule has 0 aliphatic rings. The highest BCUT2D eigenvalue weighted by Gasteiger charge is 2.09. The highest BCUT2D eigenvalue weighted by molar-refractivity contribution is 5.80. The standard InChI is InChI=1S/C6H14N4O2.C5H14NO.2C4H9N3O2/c7-4(5(11)12)2-1-3-10-6(8)9;1-6(2,3)4-5-7;2*1-7(4(5)6)2-3(8)9/h4H,1-3,7H2,(H,11,12)(H4,8,9,10);7H,4-5H2,1-3H3;2*2H2,1H3,(H3,5,6)(H,8,9)/q;+1;;. The number of carboxylic acid groups (broad SMARTS) is 3. The second-order valence-corrected chi connectivity index (χ2v) is 8.40. The van der Waals surface area contributed by atoms with Crippen LogP contribution in [0.2, 0.25) is 0 Å². The number of aliphatic hydroxyl groups is 1. The van der Waals surface area contributed by atoms with Crippen molar-refractivity contribution >= 4 is 35.8 Å². The van der Waals surface area contributed by atoms with Crippen LogP contribution in [0.4, 0.5) is 0 Å². The van der Waals surface area contributed by atoms with E-state index in [4.69, 9.17) is 59.9 Å². The average molecular weight is 541 g/mol. The van der Waals surface area contributed by atoms with Gasteiger partial charge in [-0.1, -0.05) is 0 Å². The summed E-state index contributed by atoms with van der Waals surface area (Å²) in [4.78, 5) is 36.0. The molecule has 0 saturated heterocycles. The third kappa shape index (κ3) is 39.6. The number of hydrogen-bond donors (Lipinski definition) is 11. The van der Waals surface area contributed by atoms with E-state index in [2.05, 4.69) is 26.1 Å². The summed E-state index contributed by atoms with van der Waals surface area (Å²) in [6.45, 7) is 1.08. The first-order chi connectivity index (χ1) is 16.7. The molecule has 1 atom stereocenters. The number of aliphatic carboxylic acids is 3. The molecule has 0 amide bonds. The lowest BCUT2D eigenvalue weighted by Gasteiger charge is -2.21. The van der Waals surface area contributed by atoms with Crippen molar-refractivity contribution in [1.29, 1.82) is 10.8 Å². The van der Waals surface area contributed by atoms with Gasteiger partial charge in [-0.25, -0.2) is 0 Å². The number of rotatable bonds is 11. The van der Waals surface area contributed by atoms with Gasteiger partial charge in [-0.05, 0) is 12.8 Å². The van der Waals surface area contributed by atoms with E-state index >= 15 is 0 Å². The molecule has 0 radical (unpaired) electrons. The Balaban J connectivity index is -0.000000200. The van der Waals surface area contributed by atoms with Gasteiger partial charge >= 0.3 is 17.9 Å². The molecule has 0 saturated carbocycles. The van der Waals surface area contributed by atoms with Crippen LogP contribution in [0.25, 0.3) is 0 Å². The molecule has 0 aliphatic carbocycles. The number of nitrogens with two attached hydrogens (primary N) is 5. The van der Waals surface area contributed by atoms with Gasteiger partial charge in [-0.2, -0.15) is 0 Å². The topological polar surface area (TPSA) is 329 Å². The molecule has 0 bridgehead atoms. The molecule has 37 heavy (non-hydrogen) atoms. The molecular weight excluding hydrogens is 494 g/mol. The van der Waals surface area contributed by atoms with E-state index in [-0.39, 0.29) is 37.6 Å². The predicted octanol–water partition coefficient (Wildman–Crippen LogP) is -4.07. The van der Waals surface area contributed by atoms with Gasteiger partial charge in [-0.15, -0.1) is 0 Å². The van der Waals surface area contributed by atoms with Crippen molar-refractivity contribution in [2.45, 2.75) is 18.9 Å². The van der Waals surface area contributed by atoms with Gasteiger partial charge < -0.3 is 63.4 Å². The first-order valence-corrected chi connectivity index (χ1v) is 10.7. The van der Waals surface area contributed by atoms with Crippen LogP contribution in [0.15, 0.2) is 4.99 Å². The van der Waals surface area contributed by atoms with Crippen molar-refractivity contribution in [1.82, 2.24) is 9.80 Å². The number of quaternary nitrogens is 1. The van der Waals surface area contributed by atoms with Crippen molar-refractivity contribution in [3.05, 3.63) is 0 Å². The number of hydrogen-bond acceptors (Lipinski definition) is 8. The molecule has 18 nitrogen and oxygen atoms in total. The minimum absolute atomic E-state index is 0.0129. The maximum atomic E-state index is 10.2. The van der Waals surface area contributed by atoms with Gasteiger partial charge in [0.05, 0.1) is 27.7 Å². The largest absolute Gasteiger partial charge is 0.480 e. The van der Waals surface area contributed by atoms with Crippen LogP contribution in [0, 0.1) is 10.8 Å². The lowest BCUT2D eigenvalue weighted by molar-refractivity contribution is -0.870. The smallest absolute Gasteiger partial charge is 0.323 e. The molecule has 16 N–H and O–H groups in total. The fraction of sp³-hybridized carbons (Fsp3) is 0.684. The number of aliphatic hydroxyl groups excluding tert-OH is 1. The number of aliphatic imine (C=N–C) groups is 1. The Hall–Kier alpha value is -3.90. The third-order valence-electron chi connectivity index (χ3n) is 3.62. The van der Waals surface area contributed by atoms with E-state index in [1.165, 1.54) is 14.1 Å². The van der Waals surface area contributed by atoms with Gasteiger partial charge in [-0.3, -0.25) is 30.2 Å². The highest BCUT2D eigenvalue weighted by Crippen LogP contribution is 1.94. The van der Waals surface area contributed by atoms with Crippen LogP contribution in [0.5, 0.6) is 0 Å². The molecular formula is C19H46N11O7+. The summed E-state index contributed by atoms with van der Waals surface area (Å²) < 4.78 is 0.844. The van der Waals surface area contributed by atoms with Crippen LogP contribution in [-0.4, -0.2) is 145 Å². The molecule has 0 aliphatic heterocycles. The van der Waals surface area contributed by atoms with Gasteiger partial charge in [0.15, 0.2) is 17.9 Å². The number of likely N-dealkylation sites (N-methyl/N-ethyl adjacent to an activating group) is 3. The Labute approximate surface area is 216 Å². The second-order valence-electron chi connectivity index (χ2n) is 8.40. The van der Waals surface area contributed by atoms with Crippen molar-refractivity contribution in [3.8, 4) is 0 Å². The van der Waals surface area contributed by atoms with E-state index in [1.807, 2.05) is 0 Å². The summed E-state index contributed by atoms with van der Waals surface area (Å²) in [5, 5.41) is 46.5. The highest BCUT2D eigenvalue weighted by atomic mass is 16.4. The van der Waals surface area contributed by atoms with Gasteiger partial charge in [0.25, 0.3) is 0 Å². The molecule has 0 heterocycles. The van der Waals surface area contributed by atoms with Crippen LogP contribution >= 0.6 is 0 Å². The van der Waals surface area contributed by atoms with Crippen LogP contribution < -0.4 is 28.7 Å². The number of carboxylic acids is 3. The molecule has 1 unspecified atom stereocenters. The molecule has 0 spiro atoms. The fourth-order valence-electron chi connectivity index (χ4n) is 1.52. The average Bonchev–Trinajstić information content (AvgIpc) is 2.70. The van der Waals surface area contributed by atoms with Gasteiger partial charge in [0.2, 0.25) is 0 Å². The molecule has 0 aromatic carbocycles. The van der Waals surface area contributed by atoms with E-state index in [0.29, 0.717) is 19.4 Å². The summed E-state index contributed by atoms with van der Waals surface area (Å²) in [6, 6.07) is -0.820. The van der Waals surface area contributed by atoms with Crippen molar-refractivity contribution in [2.75, 3.05) is 68.0 Å². The zero-order chi connectivity index (χ0) is 30.4. The van der Waals surface area contributed by atoms with Crippen molar-refractivity contribution in [2.24, 2.45) is 33.7 Å². The van der Waals surface area contributed by atoms with Crippen LogP contribution in [0.1, 0.15) is 12.8 Å². The zero-order valence-corrected chi connectivity index (χ0v) is 22.2. The number of guanidine groups is 3. The minimum Gasteiger partial charge on any atom is -0.480 e. The second kappa shape index (κ2) is 22.6. The quantitative estimate of drug-likeness (QED) is 0.0514. The first kappa shape index (κ1) is 40.3. The van der Waals surface area contributed by atoms with Crippen LogP contribution in [0.3, 0.4) is 0 Å². The zero-order valence-electron chi connectivity index (χ0n) is 22.2. The van der Waals surface area contributed by atoms with E-state index in [0.717, 1.165) is 20.8 Å². The van der Waals surface area contributed by atoms with Crippen LogP contribution in [-0.2, 0) is 14.4 Å². The Morgan fingerprint density at radius 2 is 1.27 bits per heavy atom. The maximum absolute atomic E-state index is 10.2. The Bertz CT molecular complexity index is 692. The molecule has 0 aromatic heterocycles. The van der Waals surface area contributed by atoms with Crippen molar-refractivity contribution in [3.63, 3.8) is 0 Å². The summed E-state index contributed by atoms with van der Waals surface area (Å²) >= 11 is 0. The molecule has 0 rings (SSSR count). The van der Waals surface area contributed by atoms with Gasteiger partial charge in [0, 0.05) is 20.6 Å². The normalized spacial score (nSPS) is 10.4. The molecule has 218 valence electrons. The first-order valence-electron chi connectivity index (χ1n) is 10.7. The van der Waals surface area contributed by atoms with Crippen molar-refractivity contribution < 1.29 is 39.3 Å². The summed E-state index contributed by atoms with van der Waals surface area (Å²) in [5.74, 6) is -3.45. The predicted molar refractivity (Wildman–Crippen MR) is 140 cm³/mol. The fourth-order valence-corrected chi connectivity index (χ4v) is 1.52. The summed E-state index contributed by atoms with van der Waals surface area (Å²) in [7, 11) is 9.04. The third-order valence-corrected chi connectivity index (χ3v) is 3.62. The Morgan fingerprint density at radius 1 is 0.892 bits per heavy atom. The summed E-state index contributed by atoms with van der Waals surface area (Å²) in [6.07, 6.45) is 0.956. The Kier molecular flexibility index (Phi) is 24.6. The molecule has 18 heteroatoms. The lowest BCUT2D eigenvalue weighted by atomic mass is 10.2. The van der Waals surface area contributed by atoms with E-state index < -0.39 is 23.9 Å². The number of nitrogens with one attached hydrogen (secondary N) is 2. The minimum atomic E-state index is -1.00. The Morgan fingerprint density at radius 3 is 1.43 bits per heavy atom. The molecule has 0 fully saturated rings. The van der Waals surface area contributed by atoms with E-state index in [9.17, 15) is 14.4 Å². The molecule has 0 aromatic rings. The monoisotopic (exact) mass is 540 g/mol.